The minimum atomic E-state index is -0.991. The van der Waals surface area contributed by atoms with Gasteiger partial charge in [0.25, 0.3) is 0 Å². The van der Waals surface area contributed by atoms with Crippen LogP contribution in [0.1, 0.15) is 91.4 Å². The number of aliphatic hydroxyl groups is 1. The topological polar surface area (TPSA) is 86.6 Å². The smallest absolute Gasteiger partial charge is 0.322 e. The highest BCUT2D eigenvalue weighted by molar-refractivity contribution is 8.09. The van der Waals surface area contributed by atoms with Gasteiger partial charge in [0.15, 0.2) is 0 Å². The Balaban J connectivity index is 1.23. The van der Waals surface area contributed by atoms with Crippen molar-refractivity contribution >= 4 is 23.6 Å². The summed E-state index contributed by atoms with van der Waals surface area (Å²) in [6.07, 6.45) is 13.6. The molecule has 4 saturated carbocycles. The molecule has 4 aliphatic carbocycles. The Morgan fingerprint density at radius 3 is 2.52 bits per heavy atom. The van der Waals surface area contributed by atoms with Gasteiger partial charge in [0, 0.05) is 4.75 Å². The lowest BCUT2D eigenvalue weighted by atomic mass is 9.44. The molecule has 0 aromatic carbocycles. The monoisotopic (exact) mass is 477 g/mol. The molecule has 0 aromatic heterocycles. The second kappa shape index (κ2) is 8.43. The molecule has 5 rings (SSSR count). The molecule has 186 valence electrons. The minimum absolute atomic E-state index is 0.0542. The van der Waals surface area contributed by atoms with Crippen LogP contribution in [-0.2, 0) is 9.59 Å². The van der Waals surface area contributed by atoms with E-state index < -0.39 is 5.97 Å². The molecule has 10 unspecified atom stereocenters. The average Bonchev–Trinajstić information content (AvgIpc) is 3.32. The van der Waals surface area contributed by atoms with Gasteiger partial charge in [-0.3, -0.25) is 9.59 Å². The van der Waals surface area contributed by atoms with Crippen molar-refractivity contribution in [1.29, 1.82) is 0 Å². The number of thioether (sulfide) groups is 1. The van der Waals surface area contributed by atoms with E-state index in [2.05, 4.69) is 26.1 Å². The van der Waals surface area contributed by atoms with Crippen LogP contribution < -0.4 is 5.32 Å². The maximum absolute atomic E-state index is 12.3. The van der Waals surface area contributed by atoms with Crippen LogP contribution in [0, 0.1) is 40.4 Å². The van der Waals surface area contributed by atoms with Gasteiger partial charge in [-0.05, 0) is 105 Å². The average molecular weight is 478 g/mol. The summed E-state index contributed by atoms with van der Waals surface area (Å²) in [7, 11) is 0. The highest BCUT2D eigenvalue weighted by Gasteiger charge is 2.62. The Hall–Kier alpha value is -0.750. The molecule has 1 saturated heterocycles. The van der Waals surface area contributed by atoms with Crippen LogP contribution in [0.2, 0.25) is 0 Å². The van der Waals surface area contributed by atoms with Gasteiger partial charge in [0.05, 0.1) is 11.4 Å². The van der Waals surface area contributed by atoms with E-state index in [0.717, 1.165) is 25.2 Å². The van der Waals surface area contributed by atoms with Crippen molar-refractivity contribution in [3.8, 4) is 0 Å². The SMILES string of the molecule is CC1(CCC2CCC3C4C(O)CC5CCCCC5(C)C4CCC23C)SC1C(=O)NCC(=O)O. The zero-order chi connectivity index (χ0) is 23.6. The molecule has 3 N–H and O–H groups in total. The van der Waals surface area contributed by atoms with Crippen molar-refractivity contribution in [3.63, 3.8) is 0 Å². The predicted molar refractivity (Wildman–Crippen MR) is 131 cm³/mol. The van der Waals surface area contributed by atoms with Crippen molar-refractivity contribution in [2.24, 2.45) is 40.4 Å². The van der Waals surface area contributed by atoms with E-state index in [9.17, 15) is 14.7 Å². The molecule has 1 amide bonds. The maximum atomic E-state index is 12.3. The first-order valence-corrected chi connectivity index (χ1v) is 14.3. The largest absolute Gasteiger partial charge is 0.480 e. The third-order valence-electron chi connectivity index (χ3n) is 11.3. The molecular weight excluding hydrogens is 434 g/mol. The Bertz CT molecular complexity index is 805. The number of aliphatic carboxylic acids is 1. The Morgan fingerprint density at radius 1 is 1.00 bits per heavy atom. The van der Waals surface area contributed by atoms with Gasteiger partial charge in [0.1, 0.15) is 6.54 Å². The number of nitrogens with one attached hydrogen (secondary N) is 1. The fourth-order valence-corrected chi connectivity index (χ4v) is 10.4. The van der Waals surface area contributed by atoms with E-state index in [1.165, 1.54) is 51.4 Å². The quantitative estimate of drug-likeness (QED) is 0.476. The maximum Gasteiger partial charge on any atom is 0.322 e. The van der Waals surface area contributed by atoms with E-state index in [4.69, 9.17) is 5.11 Å². The zero-order valence-electron chi connectivity index (χ0n) is 20.6. The molecule has 0 radical (unpaired) electrons. The number of hydrogen-bond donors (Lipinski definition) is 3. The van der Waals surface area contributed by atoms with Gasteiger partial charge >= 0.3 is 5.97 Å². The van der Waals surface area contributed by atoms with Crippen LogP contribution >= 0.6 is 11.8 Å². The molecule has 0 aromatic rings. The van der Waals surface area contributed by atoms with Crippen molar-refractivity contribution in [1.82, 2.24) is 5.32 Å². The summed E-state index contributed by atoms with van der Waals surface area (Å²) in [5.41, 5.74) is 0.757. The Labute approximate surface area is 203 Å². The third-order valence-corrected chi connectivity index (χ3v) is 13.0. The molecule has 0 spiro atoms. The Kier molecular flexibility index (Phi) is 6.12. The normalized spacial score (nSPS) is 50.6. The highest BCUT2D eigenvalue weighted by atomic mass is 32.2. The number of amides is 1. The van der Waals surface area contributed by atoms with Crippen molar-refractivity contribution in [2.75, 3.05) is 6.54 Å². The lowest BCUT2D eigenvalue weighted by Gasteiger charge is -2.62. The van der Waals surface area contributed by atoms with Crippen molar-refractivity contribution < 1.29 is 19.8 Å². The summed E-state index contributed by atoms with van der Waals surface area (Å²) in [6, 6.07) is 0. The van der Waals surface area contributed by atoms with Crippen LogP contribution in [0.5, 0.6) is 0 Å². The van der Waals surface area contributed by atoms with E-state index in [0.29, 0.717) is 34.5 Å². The fraction of sp³-hybridized carbons (Fsp3) is 0.926. The van der Waals surface area contributed by atoms with Crippen LogP contribution in [0.25, 0.3) is 0 Å². The van der Waals surface area contributed by atoms with E-state index in [1.54, 1.807) is 11.8 Å². The molecule has 0 bridgehead atoms. The standard InChI is InChI=1S/C27H43NO4S/c1-25-11-5-4-6-17(25)14-20(29)22-18-8-7-16(26(18,2)12-10-19(22)25)9-13-27(3)23(33-27)24(32)28-15-21(30)31/h16-20,22-23,29H,4-15H2,1-3H3,(H,28,32)(H,30,31). The number of rotatable bonds is 6. The summed E-state index contributed by atoms with van der Waals surface area (Å²) in [6.45, 7) is 6.96. The molecule has 5 fully saturated rings. The first-order chi connectivity index (χ1) is 15.6. The highest BCUT2D eigenvalue weighted by Crippen LogP contribution is 2.68. The van der Waals surface area contributed by atoms with E-state index >= 15 is 0 Å². The van der Waals surface area contributed by atoms with Crippen LogP contribution in [0.15, 0.2) is 0 Å². The molecular formula is C27H43NO4S. The van der Waals surface area contributed by atoms with Gasteiger partial charge < -0.3 is 15.5 Å². The van der Waals surface area contributed by atoms with E-state index in [-0.39, 0.29) is 28.6 Å². The number of carboxylic acids is 1. The summed E-state index contributed by atoms with van der Waals surface area (Å²) >= 11 is 1.70. The van der Waals surface area contributed by atoms with Gasteiger partial charge in [-0.25, -0.2) is 0 Å². The number of aliphatic hydroxyl groups excluding tert-OH is 1. The van der Waals surface area contributed by atoms with Gasteiger partial charge in [-0.2, -0.15) is 0 Å². The number of carbonyl (C=O) groups excluding carboxylic acids is 1. The second-order valence-corrected chi connectivity index (χ2v) is 14.5. The number of hydrogen-bond acceptors (Lipinski definition) is 4. The molecule has 33 heavy (non-hydrogen) atoms. The Morgan fingerprint density at radius 2 is 1.76 bits per heavy atom. The summed E-state index contributed by atoms with van der Waals surface area (Å²) < 4.78 is -0.0542. The number of carboxylic acid groups (broad SMARTS) is 1. The van der Waals surface area contributed by atoms with Crippen LogP contribution in [0.4, 0.5) is 0 Å². The lowest BCUT2D eigenvalue weighted by molar-refractivity contribution is -0.162. The predicted octanol–water partition coefficient (Wildman–Crippen LogP) is 4.86. The molecule has 5 nitrogen and oxygen atoms in total. The van der Waals surface area contributed by atoms with Gasteiger partial charge in [0.2, 0.25) is 5.91 Å². The molecule has 10 atom stereocenters. The van der Waals surface area contributed by atoms with Crippen molar-refractivity contribution in [2.45, 2.75) is 108 Å². The van der Waals surface area contributed by atoms with Crippen LogP contribution in [0.3, 0.4) is 0 Å². The molecule has 6 heteroatoms. The minimum Gasteiger partial charge on any atom is -0.480 e. The first kappa shape index (κ1) is 24.0. The lowest BCUT2D eigenvalue weighted by Crippen LogP contribution is -2.57. The fourth-order valence-electron chi connectivity index (χ4n) is 9.31. The third kappa shape index (κ3) is 3.95. The van der Waals surface area contributed by atoms with Crippen LogP contribution in [-0.4, -0.2) is 44.7 Å². The summed E-state index contributed by atoms with van der Waals surface area (Å²) in [4.78, 5) is 23.1. The first-order valence-electron chi connectivity index (χ1n) is 13.4. The van der Waals surface area contributed by atoms with Gasteiger partial charge in [-0.1, -0.05) is 26.7 Å². The van der Waals surface area contributed by atoms with Gasteiger partial charge in [-0.15, -0.1) is 11.8 Å². The number of carbonyl (C=O) groups is 2. The zero-order valence-corrected chi connectivity index (χ0v) is 21.5. The molecule has 1 aliphatic heterocycles. The number of fused-ring (bicyclic) bond motifs is 5. The van der Waals surface area contributed by atoms with Crippen molar-refractivity contribution in [3.05, 3.63) is 0 Å². The summed E-state index contributed by atoms with van der Waals surface area (Å²) in [5, 5.41) is 22.6. The van der Waals surface area contributed by atoms with E-state index in [1.807, 2.05) is 0 Å². The second-order valence-electron chi connectivity index (χ2n) is 12.8. The molecule has 5 aliphatic rings. The summed E-state index contributed by atoms with van der Waals surface area (Å²) in [5.74, 6) is 2.10. The molecule has 1 heterocycles.